The average molecular weight is 374 g/mol. The molecule has 6 heteroatoms. The van der Waals surface area contributed by atoms with Gasteiger partial charge in [-0.2, -0.15) is 0 Å². The molecule has 28 heavy (non-hydrogen) atoms. The minimum absolute atomic E-state index is 0.00806. The fraction of sp³-hybridized carbons (Fsp3) is 0.182. The molecule has 6 nitrogen and oxygen atoms in total. The summed E-state index contributed by atoms with van der Waals surface area (Å²) in [4.78, 5) is 33.1. The van der Waals surface area contributed by atoms with Crippen molar-refractivity contribution in [3.05, 3.63) is 71.9 Å². The third kappa shape index (κ3) is 4.79. The van der Waals surface area contributed by atoms with Crippen LogP contribution in [0.1, 0.15) is 41.6 Å². The van der Waals surface area contributed by atoms with Gasteiger partial charge in [-0.15, -0.1) is 0 Å². The predicted octanol–water partition coefficient (Wildman–Crippen LogP) is 4.23. The Morgan fingerprint density at radius 2 is 1.68 bits per heavy atom. The van der Waals surface area contributed by atoms with Crippen LogP contribution in [0.5, 0.6) is 0 Å². The SMILES string of the molecule is CC(=O)c1cccc(Nc2cc(C(=O)NC(C)C)nc(-c3ccccc3)n2)c1. The number of amides is 1. The molecule has 142 valence electrons. The van der Waals surface area contributed by atoms with Crippen molar-refractivity contribution in [2.45, 2.75) is 26.8 Å². The second-order valence-electron chi connectivity index (χ2n) is 6.72. The van der Waals surface area contributed by atoms with Gasteiger partial charge in [-0.1, -0.05) is 42.5 Å². The highest BCUT2D eigenvalue weighted by Crippen LogP contribution is 2.21. The molecule has 0 bridgehead atoms. The Kier molecular flexibility index (Phi) is 5.79. The lowest BCUT2D eigenvalue weighted by Gasteiger charge is -2.12. The topological polar surface area (TPSA) is 84.0 Å². The van der Waals surface area contributed by atoms with E-state index < -0.39 is 0 Å². The summed E-state index contributed by atoms with van der Waals surface area (Å²) in [5.41, 5.74) is 2.38. The Labute approximate surface area is 164 Å². The highest BCUT2D eigenvalue weighted by atomic mass is 16.2. The zero-order chi connectivity index (χ0) is 20.1. The monoisotopic (exact) mass is 374 g/mol. The van der Waals surface area contributed by atoms with Crippen LogP contribution < -0.4 is 10.6 Å². The minimum atomic E-state index is -0.268. The first-order valence-electron chi connectivity index (χ1n) is 9.06. The average Bonchev–Trinajstić information content (AvgIpc) is 2.68. The molecule has 0 atom stereocenters. The van der Waals surface area contributed by atoms with Crippen molar-refractivity contribution in [1.29, 1.82) is 0 Å². The molecule has 0 aliphatic heterocycles. The third-order valence-electron chi connectivity index (χ3n) is 3.95. The molecule has 0 radical (unpaired) electrons. The maximum Gasteiger partial charge on any atom is 0.270 e. The summed E-state index contributed by atoms with van der Waals surface area (Å²) in [5.74, 6) is 0.633. The van der Waals surface area contributed by atoms with Gasteiger partial charge in [0.1, 0.15) is 11.5 Å². The molecule has 2 N–H and O–H groups in total. The summed E-state index contributed by atoms with van der Waals surface area (Å²) < 4.78 is 0. The molecule has 3 rings (SSSR count). The van der Waals surface area contributed by atoms with Crippen molar-refractivity contribution in [3.63, 3.8) is 0 Å². The van der Waals surface area contributed by atoms with Crippen LogP contribution in [0.4, 0.5) is 11.5 Å². The fourth-order valence-electron chi connectivity index (χ4n) is 2.64. The molecular formula is C22H22N4O2. The van der Waals surface area contributed by atoms with Crippen molar-refractivity contribution >= 4 is 23.2 Å². The minimum Gasteiger partial charge on any atom is -0.349 e. The number of anilines is 2. The summed E-state index contributed by atoms with van der Waals surface area (Å²) in [6, 6.07) is 18.2. The van der Waals surface area contributed by atoms with Crippen LogP contribution >= 0.6 is 0 Å². The number of aromatic nitrogens is 2. The number of hydrogen-bond acceptors (Lipinski definition) is 5. The number of carbonyl (C=O) groups excluding carboxylic acids is 2. The number of Topliss-reactive ketones (excluding diaryl/α,β-unsaturated/α-hetero) is 1. The zero-order valence-electron chi connectivity index (χ0n) is 16.1. The molecule has 0 saturated heterocycles. The Bertz CT molecular complexity index is 1000. The van der Waals surface area contributed by atoms with Crippen LogP contribution in [0.3, 0.4) is 0 Å². The first-order chi connectivity index (χ1) is 13.4. The lowest BCUT2D eigenvalue weighted by Crippen LogP contribution is -2.31. The van der Waals surface area contributed by atoms with Crippen LogP contribution in [0.25, 0.3) is 11.4 Å². The van der Waals surface area contributed by atoms with Crippen molar-refractivity contribution in [1.82, 2.24) is 15.3 Å². The summed E-state index contributed by atoms with van der Waals surface area (Å²) in [6.45, 7) is 5.30. The second kappa shape index (κ2) is 8.43. The molecule has 3 aromatic rings. The summed E-state index contributed by atoms with van der Waals surface area (Å²) in [5, 5.41) is 6.03. The Morgan fingerprint density at radius 3 is 2.36 bits per heavy atom. The number of carbonyl (C=O) groups is 2. The highest BCUT2D eigenvalue weighted by molar-refractivity contribution is 5.95. The largest absolute Gasteiger partial charge is 0.349 e. The third-order valence-corrected chi connectivity index (χ3v) is 3.95. The molecule has 1 amide bonds. The van der Waals surface area contributed by atoms with Crippen LogP contribution in [0.15, 0.2) is 60.7 Å². The molecule has 0 saturated carbocycles. The first kappa shape index (κ1) is 19.2. The molecule has 1 aromatic heterocycles. The van der Waals surface area contributed by atoms with Gasteiger partial charge in [0, 0.05) is 28.9 Å². The number of hydrogen-bond donors (Lipinski definition) is 2. The van der Waals surface area contributed by atoms with E-state index in [1.807, 2.05) is 50.2 Å². The first-order valence-corrected chi connectivity index (χ1v) is 9.06. The lowest BCUT2D eigenvalue weighted by atomic mass is 10.1. The molecule has 0 unspecified atom stereocenters. The summed E-state index contributed by atoms with van der Waals surface area (Å²) in [6.07, 6.45) is 0. The van der Waals surface area contributed by atoms with E-state index >= 15 is 0 Å². The second-order valence-corrected chi connectivity index (χ2v) is 6.72. The van der Waals surface area contributed by atoms with Gasteiger partial charge in [0.2, 0.25) is 0 Å². The number of rotatable bonds is 6. The van der Waals surface area contributed by atoms with Gasteiger partial charge in [0.05, 0.1) is 0 Å². The van der Waals surface area contributed by atoms with Crippen molar-refractivity contribution in [3.8, 4) is 11.4 Å². The smallest absolute Gasteiger partial charge is 0.270 e. The van der Waals surface area contributed by atoms with Gasteiger partial charge in [-0.25, -0.2) is 9.97 Å². The van der Waals surface area contributed by atoms with E-state index in [0.717, 1.165) is 5.56 Å². The van der Waals surface area contributed by atoms with E-state index in [1.165, 1.54) is 6.92 Å². The van der Waals surface area contributed by atoms with Crippen molar-refractivity contribution < 1.29 is 9.59 Å². The quantitative estimate of drug-likeness (QED) is 0.631. The van der Waals surface area contributed by atoms with E-state index in [0.29, 0.717) is 22.9 Å². The van der Waals surface area contributed by atoms with Gasteiger partial charge in [0.15, 0.2) is 11.6 Å². The van der Waals surface area contributed by atoms with Crippen molar-refractivity contribution in [2.75, 3.05) is 5.32 Å². The maximum atomic E-state index is 12.5. The Balaban J connectivity index is 2.01. The highest BCUT2D eigenvalue weighted by Gasteiger charge is 2.14. The van der Waals surface area contributed by atoms with Gasteiger partial charge >= 0.3 is 0 Å². The normalized spacial score (nSPS) is 10.6. The van der Waals surface area contributed by atoms with Crippen molar-refractivity contribution in [2.24, 2.45) is 0 Å². The van der Waals surface area contributed by atoms with Gasteiger partial charge < -0.3 is 10.6 Å². The molecule has 2 aromatic carbocycles. The van der Waals surface area contributed by atoms with Gasteiger partial charge in [-0.3, -0.25) is 9.59 Å². The Hall–Kier alpha value is -3.54. The summed E-state index contributed by atoms with van der Waals surface area (Å²) >= 11 is 0. The van der Waals surface area contributed by atoms with E-state index in [1.54, 1.807) is 24.3 Å². The molecule has 0 aliphatic rings. The van der Waals surface area contributed by atoms with Crippen LogP contribution in [0.2, 0.25) is 0 Å². The van der Waals surface area contributed by atoms with E-state index in [2.05, 4.69) is 20.6 Å². The maximum absolute atomic E-state index is 12.5. The van der Waals surface area contributed by atoms with Crippen LogP contribution in [0, 0.1) is 0 Å². The number of nitrogens with zero attached hydrogens (tertiary/aromatic N) is 2. The fourth-order valence-corrected chi connectivity index (χ4v) is 2.64. The lowest BCUT2D eigenvalue weighted by molar-refractivity contribution is 0.0937. The molecule has 0 aliphatic carbocycles. The van der Waals surface area contributed by atoms with E-state index in [-0.39, 0.29) is 23.4 Å². The standard InChI is InChI=1S/C22H22N4O2/c1-14(2)23-22(28)19-13-20(24-18-11-7-10-17(12-18)15(3)27)26-21(25-19)16-8-5-4-6-9-16/h4-14H,1-3H3,(H,23,28)(H,24,25,26). The summed E-state index contributed by atoms with van der Waals surface area (Å²) in [7, 11) is 0. The van der Waals surface area contributed by atoms with Crippen LogP contribution in [-0.2, 0) is 0 Å². The number of ketones is 1. The van der Waals surface area contributed by atoms with E-state index in [4.69, 9.17) is 0 Å². The van der Waals surface area contributed by atoms with E-state index in [9.17, 15) is 9.59 Å². The molecule has 0 fully saturated rings. The van der Waals surface area contributed by atoms with Crippen LogP contribution in [-0.4, -0.2) is 27.7 Å². The number of benzene rings is 2. The Morgan fingerprint density at radius 1 is 0.929 bits per heavy atom. The molecule has 0 spiro atoms. The van der Waals surface area contributed by atoms with Gasteiger partial charge in [0.25, 0.3) is 5.91 Å². The number of nitrogens with one attached hydrogen (secondary N) is 2. The predicted molar refractivity (Wildman–Crippen MR) is 110 cm³/mol. The molecular weight excluding hydrogens is 352 g/mol. The zero-order valence-corrected chi connectivity index (χ0v) is 16.1. The van der Waals surface area contributed by atoms with Gasteiger partial charge in [-0.05, 0) is 32.9 Å². The molecule has 1 heterocycles.